The number of nitrogens with one attached hydrogen (secondary N) is 3. The Hall–Kier alpha value is -5.16. The highest BCUT2D eigenvalue weighted by molar-refractivity contribution is 7.92. The van der Waals surface area contributed by atoms with E-state index in [1.54, 1.807) is 66.7 Å². The highest BCUT2D eigenvalue weighted by atomic mass is 32.2. The van der Waals surface area contributed by atoms with E-state index < -0.39 is 10.0 Å². The summed E-state index contributed by atoms with van der Waals surface area (Å²) in [5.74, 6) is 0.877. The molecule has 0 radical (unpaired) electrons. The summed E-state index contributed by atoms with van der Waals surface area (Å²) < 4.78 is 40.3. The molecule has 0 aliphatic heterocycles. The van der Waals surface area contributed by atoms with Gasteiger partial charge in [-0.1, -0.05) is 35.9 Å². The van der Waals surface area contributed by atoms with E-state index in [0.717, 1.165) is 5.56 Å². The fraction of sp³-hybridized carbons (Fsp3) is 0.100. The van der Waals surface area contributed by atoms with Crippen molar-refractivity contribution < 1.29 is 22.7 Å². The molecular formula is C30H27N5O5S. The Bertz CT molecular complexity index is 1840. The fourth-order valence-electron chi connectivity index (χ4n) is 4.09. The monoisotopic (exact) mass is 569 g/mol. The molecule has 208 valence electrons. The van der Waals surface area contributed by atoms with Gasteiger partial charge < -0.3 is 20.1 Å². The normalized spacial score (nSPS) is 11.1. The molecule has 0 saturated heterocycles. The highest BCUT2D eigenvalue weighted by Crippen LogP contribution is 2.31. The van der Waals surface area contributed by atoms with Crippen molar-refractivity contribution in [2.24, 2.45) is 0 Å². The zero-order chi connectivity index (χ0) is 29.0. The molecule has 0 saturated carbocycles. The van der Waals surface area contributed by atoms with Crippen LogP contribution >= 0.6 is 0 Å². The van der Waals surface area contributed by atoms with E-state index >= 15 is 0 Å². The number of rotatable bonds is 9. The number of nitrogens with zero attached hydrogens (tertiary/aromatic N) is 2. The highest BCUT2D eigenvalue weighted by Gasteiger charge is 2.20. The van der Waals surface area contributed by atoms with Crippen LogP contribution in [-0.2, 0) is 10.0 Å². The molecule has 5 aromatic rings. The number of para-hydroxylation sites is 2. The van der Waals surface area contributed by atoms with Crippen molar-refractivity contribution in [3.63, 3.8) is 0 Å². The summed E-state index contributed by atoms with van der Waals surface area (Å²) in [6, 6.07) is 25.4. The lowest BCUT2D eigenvalue weighted by Crippen LogP contribution is -2.17. The van der Waals surface area contributed by atoms with Crippen molar-refractivity contribution in [3.05, 3.63) is 102 Å². The molecule has 41 heavy (non-hydrogen) atoms. The SMILES string of the molecule is COc1cc(Nc2nc3ccccc3nc2NS(=O)(=O)c2cccc(NC(=O)c3cccc(C)c3)c2)cc(OC)c1. The van der Waals surface area contributed by atoms with Crippen molar-refractivity contribution in [1.82, 2.24) is 9.97 Å². The van der Waals surface area contributed by atoms with Gasteiger partial charge in [-0.3, -0.25) is 9.52 Å². The largest absolute Gasteiger partial charge is 0.497 e. The van der Waals surface area contributed by atoms with Gasteiger partial charge in [-0.25, -0.2) is 18.4 Å². The molecular weight excluding hydrogens is 542 g/mol. The molecule has 0 aliphatic carbocycles. The maximum atomic E-state index is 13.5. The third-order valence-electron chi connectivity index (χ3n) is 6.10. The minimum Gasteiger partial charge on any atom is -0.497 e. The van der Waals surface area contributed by atoms with Gasteiger partial charge >= 0.3 is 0 Å². The van der Waals surface area contributed by atoms with E-state index in [-0.39, 0.29) is 22.4 Å². The van der Waals surface area contributed by atoms with Gasteiger partial charge in [0.1, 0.15) is 11.5 Å². The van der Waals surface area contributed by atoms with Crippen molar-refractivity contribution in [1.29, 1.82) is 0 Å². The van der Waals surface area contributed by atoms with Crippen LogP contribution in [-0.4, -0.2) is 38.5 Å². The lowest BCUT2D eigenvalue weighted by Gasteiger charge is -2.15. The van der Waals surface area contributed by atoms with Crippen molar-refractivity contribution in [2.75, 3.05) is 29.6 Å². The number of carbonyl (C=O) groups is 1. The topological polar surface area (TPSA) is 132 Å². The number of aromatic nitrogens is 2. The Kier molecular flexibility index (Phi) is 7.70. The predicted molar refractivity (Wildman–Crippen MR) is 159 cm³/mol. The molecule has 0 spiro atoms. The van der Waals surface area contributed by atoms with E-state index in [1.165, 1.54) is 26.4 Å². The van der Waals surface area contributed by atoms with Crippen LogP contribution in [0.4, 0.5) is 23.0 Å². The van der Waals surface area contributed by atoms with Crippen LogP contribution in [0.2, 0.25) is 0 Å². The van der Waals surface area contributed by atoms with E-state index in [2.05, 4.69) is 25.3 Å². The Morgan fingerprint density at radius 1 is 0.732 bits per heavy atom. The molecule has 0 fully saturated rings. The zero-order valence-corrected chi connectivity index (χ0v) is 23.3. The number of fused-ring (bicyclic) bond motifs is 1. The van der Waals surface area contributed by atoms with Crippen molar-refractivity contribution in [2.45, 2.75) is 11.8 Å². The van der Waals surface area contributed by atoms with Gasteiger partial charge in [0.2, 0.25) is 0 Å². The second-order valence-electron chi connectivity index (χ2n) is 9.09. The number of anilines is 4. The average molecular weight is 570 g/mol. The minimum atomic E-state index is -4.15. The number of benzene rings is 4. The quantitative estimate of drug-likeness (QED) is 0.204. The summed E-state index contributed by atoms with van der Waals surface area (Å²) in [4.78, 5) is 21.8. The van der Waals surface area contributed by atoms with Gasteiger partial charge in [0.05, 0.1) is 30.1 Å². The smallest absolute Gasteiger partial charge is 0.263 e. The molecule has 1 heterocycles. The Balaban J connectivity index is 1.47. The number of aryl methyl sites for hydroxylation is 1. The third kappa shape index (κ3) is 6.36. The lowest BCUT2D eigenvalue weighted by atomic mass is 10.1. The predicted octanol–water partition coefficient (Wildman–Crippen LogP) is 5.75. The molecule has 1 aromatic heterocycles. The van der Waals surface area contributed by atoms with Gasteiger partial charge in [0.15, 0.2) is 11.6 Å². The number of hydrogen-bond donors (Lipinski definition) is 3. The first kappa shape index (κ1) is 27.4. The third-order valence-corrected chi connectivity index (χ3v) is 7.43. The average Bonchev–Trinajstić information content (AvgIpc) is 2.97. The van der Waals surface area contributed by atoms with Gasteiger partial charge in [0.25, 0.3) is 15.9 Å². The van der Waals surface area contributed by atoms with Crippen LogP contribution in [0.1, 0.15) is 15.9 Å². The summed E-state index contributed by atoms with van der Waals surface area (Å²) in [5.41, 5.74) is 3.34. The van der Waals surface area contributed by atoms with Crippen LogP contribution in [0, 0.1) is 6.92 Å². The Labute approximate surface area is 237 Å². The van der Waals surface area contributed by atoms with Crippen LogP contribution in [0.5, 0.6) is 11.5 Å². The summed E-state index contributed by atoms with van der Waals surface area (Å²) in [5, 5.41) is 5.89. The molecule has 1 amide bonds. The first-order valence-electron chi connectivity index (χ1n) is 12.5. The number of ether oxygens (including phenoxy) is 2. The first-order chi connectivity index (χ1) is 19.7. The fourth-order valence-corrected chi connectivity index (χ4v) is 5.15. The molecule has 0 atom stereocenters. The second-order valence-corrected chi connectivity index (χ2v) is 10.8. The minimum absolute atomic E-state index is 0.0142. The van der Waals surface area contributed by atoms with Crippen molar-refractivity contribution in [3.8, 4) is 11.5 Å². The molecule has 0 bridgehead atoms. The molecule has 3 N–H and O–H groups in total. The Morgan fingerprint density at radius 3 is 2.05 bits per heavy atom. The summed E-state index contributed by atoms with van der Waals surface area (Å²) >= 11 is 0. The van der Waals surface area contributed by atoms with Crippen LogP contribution in [0.15, 0.2) is 95.9 Å². The molecule has 5 rings (SSSR count). The van der Waals surface area contributed by atoms with Crippen LogP contribution in [0.25, 0.3) is 11.0 Å². The first-order valence-corrected chi connectivity index (χ1v) is 14.0. The van der Waals surface area contributed by atoms with E-state index in [9.17, 15) is 13.2 Å². The van der Waals surface area contributed by atoms with E-state index in [1.807, 2.05) is 19.1 Å². The second kappa shape index (κ2) is 11.5. The molecule has 0 unspecified atom stereocenters. The van der Waals surface area contributed by atoms with E-state index in [0.29, 0.717) is 39.5 Å². The molecule has 4 aromatic carbocycles. The molecule has 0 aliphatic rings. The maximum absolute atomic E-state index is 13.5. The van der Waals surface area contributed by atoms with Crippen LogP contribution in [0.3, 0.4) is 0 Å². The standard InChI is InChI=1S/C30H27N5O5S/c1-19-8-6-9-20(14-19)30(36)32-21-10-7-11-25(17-21)41(37,38)35-29-28(33-26-12-4-5-13-27(26)34-29)31-22-15-23(39-2)18-24(16-22)40-3/h4-18H,1-3H3,(H,31,33)(H,32,36)(H,34,35). The lowest BCUT2D eigenvalue weighted by molar-refractivity contribution is 0.102. The molecule has 10 nitrogen and oxygen atoms in total. The van der Waals surface area contributed by atoms with Gasteiger partial charge in [0, 0.05) is 35.1 Å². The van der Waals surface area contributed by atoms with E-state index in [4.69, 9.17) is 9.47 Å². The zero-order valence-electron chi connectivity index (χ0n) is 22.5. The number of hydrogen-bond acceptors (Lipinski definition) is 8. The summed E-state index contributed by atoms with van der Waals surface area (Å²) in [7, 11) is -1.08. The van der Waals surface area contributed by atoms with Crippen molar-refractivity contribution >= 4 is 50.0 Å². The van der Waals surface area contributed by atoms with Gasteiger partial charge in [-0.2, -0.15) is 0 Å². The van der Waals surface area contributed by atoms with Gasteiger partial charge in [-0.15, -0.1) is 0 Å². The number of amides is 1. The van der Waals surface area contributed by atoms with Crippen LogP contribution < -0.4 is 24.8 Å². The number of carbonyl (C=O) groups excluding carboxylic acids is 1. The summed E-state index contributed by atoms with van der Waals surface area (Å²) in [6.45, 7) is 1.89. The maximum Gasteiger partial charge on any atom is 0.263 e. The molecule has 11 heteroatoms. The Morgan fingerprint density at radius 2 is 1.39 bits per heavy atom. The van der Waals surface area contributed by atoms with Gasteiger partial charge in [-0.05, 0) is 49.4 Å². The summed E-state index contributed by atoms with van der Waals surface area (Å²) in [6.07, 6.45) is 0. The number of methoxy groups -OCH3 is 2. The number of sulfonamides is 1.